The number of aliphatic hydroxyl groups excluding tert-OH is 1. The standard InChI is InChI=1S/C32H37N5O6S/c1-23(2)21-34-31(39)32(17-20-44(40,41)27-10-4-3-5-11-27)29(28-12-7-6-9-25(28)22-35-37-33)43-30(36-32)24-13-15-26(16-14-24)42-19-8-18-38/h3-7,9-16,23,29,38H,8,17-22H2,1-2H3,(H,34,39)/t29-,32-/m1/s1. The Morgan fingerprint density at radius 3 is 2.50 bits per heavy atom. The maximum Gasteiger partial charge on any atom is 0.252 e. The number of carbonyl (C=O) groups excluding carboxylic acids is 1. The van der Waals surface area contributed by atoms with E-state index in [1.54, 1.807) is 66.7 Å². The van der Waals surface area contributed by atoms with Crippen molar-refractivity contribution in [3.8, 4) is 5.75 Å². The van der Waals surface area contributed by atoms with Crippen LogP contribution in [0.25, 0.3) is 10.4 Å². The number of amides is 1. The van der Waals surface area contributed by atoms with Crippen molar-refractivity contribution >= 4 is 21.6 Å². The van der Waals surface area contributed by atoms with Gasteiger partial charge in [-0.25, -0.2) is 13.4 Å². The van der Waals surface area contributed by atoms with Gasteiger partial charge in [-0.05, 0) is 59.0 Å². The molecule has 44 heavy (non-hydrogen) atoms. The van der Waals surface area contributed by atoms with Crippen LogP contribution in [-0.4, -0.2) is 56.4 Å². The van der Waals surface area contributed by atoms with Crippen molar-refractivity contribution in [2.24, 2.45) is 16.0 Å². The molecule has 0 aliphatic carbocycles. The molecule has 232 valence electrons. The number of nitrogens with zero attached hydrogens (tertiary/aromatic N) is 4. The van der Waals surface area contributed by atoms with Gasteiger partial charge in [0, 0.05) is 36.5 Å². The molecule has 0 radical (unpaired) electrons. The Hall–Kier alpha value is -4.38. The van der Waals surface area contributed by atoms with Crippen molar-refractivity contribution in [1.82, 2.24) is 5.32 Å². The first-order valence-electron chi connectivity index (χ1n) is 14.5. The van der Waals surface area contributed by atoms with Gasteiger partial charge in [0.1, 0.15) is 5.75 Å². The largest absolute Gasteiger partial charge is 0.494 e. The zero-order valence-electron chi connectivity index (χ0n) is 24.8. The smallest absolute Gasteiger partial charge is 0.252 e. The number of aliphatic imine (C=N–C) groups is 1. The summed E-state index contributed by atoms with van der Waals surface area (Å²) in [5.74, 6) is 0.0685. The maximum atomic E-state index is 14.2. The van der Waals surface area contributed by atoms with Crippen LogP contribution in [0.15, 0.2) is 93.9 Å². The third-order valence-electron chi connectivity index (χ3n) is 7.20. The van der Waals surface area contributed by atoms with E-state index in [-0.39, 0.29) is 42.0 Å². The molecule has 12 heteroatoms. The van der Waals surface area contributed by atoms with Gasteiger partial charge in [0.2, 0.25) is 5.90 Å². The zero-order valence-corrected chi connectivity index (χ0v) is 25.6. The van der Waals surface area contributed by atoms with Crippen LogP contribution in [0.5, 0.6) is 5.75 Å². The van der Waals surface area contributed by atoms with Crippen LogP contribution < -0.4 is 10.1 Å². The van der Waals surface area contributed by atoms with Gasteiger partial charge >= 0.3 is 0 Å². The normalized spacial score (nSPS) is 17.8. The van der Waals surface area contributed by atoms with Gasteiger partial charge in [0.05, 0.1) is 23.8 Å². The predicted octanol–water partition coefficient (Wildman–Crippen LogP) is 5.15. The van der Waals surface area contributed by atoms with Crippen molar-refractivity contribution in [2.45, 2.75) is 49.8 Å². The van der Waals surface area contributed by atoms with Crippen LogP contribution >= 0.6 is 0 Å². The highest BCUT2D eigenvalue weighted by Gasteiger charge is 2.54. The van der Waals surface area contributed by atoms with Crippen LogP contribution in [-0.2, 0) is 25.9 Å². The first-order valence-corrected chi connectivity index (χ1v) is 16.1. The molecule has 3 aromatic carbocycles. The molecule has 1 aliphatic rings. The van der Waals surface area contributed by atoms with Crippen LogP contribution in [0.4, 0.5) is 0 Å². The molecule has 0 bridgehead atoms. The summed E-state index contributed by atoms with van der Waals surface area (Å²) in [4.78, 5) is 22.1. The lowest BCUT2D eigenvalue weighted by molar-refractivity contribution is -0.129. The van der Waals surface area contributed by atoms with Crippen molar-refractivity contribution in [3.63, 3.8) is 0 Å². The van der Waals surface area contributed by atoms with Crippen molar-refractivity contribution < 1.29 is 27.8 Å². The fraction of sp³-hybridized carbons (Fsp3) is 0.375. The van der Waals surface area contributed by atoms with Gasteiger partial charge in [-0.1, -0.05) is 61.4 Å². The Balaban J connectivity index is 1.81. The van der Waals surface area contributed by atoms with E-state index in [1.165, 1.54) is 12.1 Å². The number of sulfone groups is 1. The average Bonchev–Trinajstić information content (AvgIpc) is 3.43. The van der Waals surface area contributed by atoms with E-state index in [4.69, 9.17) is 25.1 Å². The third-order valence-corrected chi connectivity index (χ3v) is 8.93. The molecular formula is C32H37N5O6S. The molecule has 0 unspecified atom stereocenters. The lowest BCUT2D eigenvalue weighted by Crippen LogP contribution is -2.50. The summed E-state index contributed by atoms with van der Waals surface area (Å²) in [6.45, 7) is 4.66. The molecule has 4 rings (SSSR count). The Morgan fingerprint density at radius 1 is 1.11 bits per heavy atom. The van der Waals surface area contributed by atoms with Gasteiger partial charge in [0.15, 0.2) is 21.5 Å². The third kappa shape index (κ3) is 7.76. The first kappa shape index (κ1) is 32.5. The quantitative estimate of drug-likeness (QED) is 0.103. The number of hydrogen-bond donors (Lipinski definition) is 2. The van der Waals surface area contributed by atoms with Gasteiger partial charge in [-0.2, -0.15) is 0 Å². The molecule has 0 saturated carbocycles. The minimum Gasteiger partial charge on any atom is -0.494 e. The van der Waals surface area contributed by atoms with Gasteiger partial charge in [-0.3, -0.25) is 4.79 Å². The van der Waals surface area contributed by atoms with Crippen molar-refractivity contribution in [2.75, 3.05) is 25.5 Å². The Labute approximate surface area is 257 Å². The molecule has 1 heterocycles. The van der Waals surface area contributed by atoms with Crippen molar-refractivity contribution in [1.29, 1.82) is 0 Å². The zero-order chi connectivity index (χ0) is 31.6. The second-order valence-electron chi connectivity index (χ2n) is 10.9. The minimum atomic E-state index is -3.79. The topological polar surface area (TPSA) is 163 Å². The molecule has 0 spiro atoms. The molecule has 2 N–H and O–H groups in total. The average molecular weight is 620 g/mol. The van der Waals surface area contributed by atoms with Crippen LogP contribution in [0.1, 0.15) is 49.5 Å². The molecule has 1 amide bonds. The summed E-state index contributed by atoms with van der Waals surface area (Å²) in [6, 6.07) is 22.2. The summed E-state index contributed by atoms with van der Waals surface area (Å²) in [7, 11) is -3.79. The van der Waals surface area contributed by atoms with E-state index < -0.39 is 27.4 Å². The highest BCUT2D eigenvalue weighted by atomic mass is 32.2. The Bertz CT molecular complexity index is 1610. The molecule has 0 fully saturated rings. The predicted molar refractivity (Wildman–Crippen MR) is 167 cm³/mol. The van der Waals surface area contributed by atoms with E-state index in [1.807, 2.05) is 13.8 Å². The minimum absolute atomic E-state index is 0.00769. The molecule has 11 nitrogen and oxygen atoms in total. The van der Waals surface area contributed by atoms with Crippen LogP contribution in [0.3, 0.4) is 0 Å². The van der Waals surface area contributed by atoms with E-state index in [0.717, 1.165) is 0 Å². The molecule has 3 aromatic rings. The molecule has 1 aliphatic heterocycles. The lowest BCUT2D eigenvalue weighted by atomic mass is 9.83. The summed E-state index contributed by atoms with van der Waals surface area (Å²) >= 11 is 0. The molecule has 0 aromatic heterocycles. The van der Waals surface area contributed by atoms with E-state index in [0.29, 0.717) is 42.0 Å². The fourth-order valence-corrected chi connectivity index (χ4v) is 6.26. The first-order chi connectivity index (χ1) is 21.2. The number of benzene rings is 3. The van der Waals surface area contributed by atoms with E-state index in [9.17, 15) is 13.2 Å². The monoisotopic (exact) mass is 619 g/mol. The van der Waals surface area contributed by atoms with Crippen LogP contribution in [0, 0.1) is 5.92 Å². The lowest BCUT2D eigenvalue weighted by Gasteiger charge is -2.32. The van der Waals surface area contributed by atoms with E-state index >= 15 is 0 Å². The number of rotatable bonds is 15. The summed E-state index contributed by atoms with van der Waals surface area (Å²) < 4.78 is 39.1. The van der Waals surface area contributed by atoms with Gasteiger partial charge in [-0.15, -0.1) is 0 Å². The molecular weight excluding hydrogens is 582 g/mol. The number of azide groups is 1. The van der Waals surface area contributed by atoms with Gasteiger partial charge < -0.3 is 19.9 Å². The molecule has 2 atom stereocenters. The number of ether oxygens (including phenoxy) is 2. The summed E-state index contributed by atoms with van der Waals surface area (Å²) in [6.07, 6.45) is -0.684. The number of carbonyl (C=O) groups is 1. The van der Waals surface area contributed by atoms with Crippen LogP contribution in [0.2, 0.25) is 0 Å². The number of hydrogen-bond acceptors (Lipinski definition) is 8. The highest BCUT2D eigenvalue weighted by Crippen LogP contribution is 2.44. The second-order valence-corrected chi connectivity index (χ2v) is 13.0. The number of nitrogens with one attached hydrogen (secondary N) is 1. The van der Waals surface area contributed by atoms with E-state index in [2.05, 4.69) is 15.3 Å². The van der Waals surface area contributed by atoms with Gasteiger partial charge in [0.25, 0.3) is 5.91 Å². The highest BCUT2D eigenvalue weighted by molar-refractivity contribution is 7.91. The summed E-state index contributed by atoms with van der Waals surface area (Å²) in [5.41, 5.74) is 9.12. The number of aliphatic hydroxyl groups is 1. The Kier molecular flexibility index (Phi) is 11.0. The SMILES string of the molecule is CC(C)CNC(=O)[C@]1(CCS(=O)(=O)c2ccccc2)N=C(c2ccc(OCCCO)cc2)O[C@@H]1c1ccccc1CN=[N+]=[N-]. The van der Waals surface area contributed by atoms with Crippen molar-refractivity contribution in [3.05, 3.63) is 106 Å². The fourth-order valence-electron chi connectivity index (χ4n) is 4.87. The summed E-state index contributed by atoms with van der Waals surface area (Å²) in [5, 5.41) is 15.7. The maximum absolute atomic E-state index is 14.2. The second kappa shape index (κ2) is 14.9. The molecule has 0 saturated heterocycles. The Morgan fingerprint density at radius 2 is 1.82 bits per heavy atom.